The molecule has 1 aromatic heterocycles. The highest BCUT2D eigenvalue weighted by molar-refractivity contribution is 5.96. The fraction of sp³-hybridized carbons (Fsp3) is 0.474. The average molecular weight is 328 g/mol. The lowest BCUT2D eigenvalue weighted by Gasteiger charge is -2.33. The van der Waals surface area contributed by atoms with Crippen LogP contribution in [0.1, 0.15) is 54.3 Å². The van der Waals surface area contributed by atoms with E-state index in [1.807, 2.05) is 56.0 Å². The Balaban J connectivity index is 1.85. The lowest BCUT2D eigenvalue weighted by atomic mass is 9.88. The molecule has 0 saturated carbocycles. The van der Waals surface area contributed by atoms with Crippen LogP contribution >= 0.6 is 0 Å². The van der Waals surface area contributed by atoms with Gasteiger partial charge in [-0.3, -0.25) is 4.79 Å². The van der Waals surface area contributed by atoms with Crippen molar-refractivity contribution in [3.63, 3.8) is 0 Å². The monoisotopic (exact) mass is 328 g/mol. The highest BCUT2D eigenvalue weighted by Gasteiger charge is 2.33. The second-order valence-electron chi connectivity index (χ2n) is 7.23. The fourth-order valence-electron chi connectivity index (χ4n) is 3.00. The van der Waals surface area contributed by atoms with Crippen molar-refractivity contribution >= 4 is 5.91 Å². The SMILES string of the molecule is Cc1onc(C(C)(C)C)c1C(=O)N1CCOC(c2ccccc2)C1. The minimum absolute atomic E-state index is 0.0251. The molecule has 1 aliphatic heterocycles. The second-order valence-corrected chi connectivity index (χ2v) is 7.23. The standard InChI is InChI=1S/C19H24N2O3/c1-13-16(17(20-24-13)19(2,3)4)18(22)21-10-11-23-15(12-21)14-8-6-5-7-9-14/h5-9,15H,10-12H2,1-4H3. The summed E-state index contributed by atoms with van der Waals surface area (Å²) in [6.07, 6.45) is -0.0952. The van der Waals surface area contributed by atoms with Gasteiger partial charge < -0.3 is 14.2 Å². The van der Waals surface area contributed by atoms with Gasteiger partial charge in [0, 0.05) is 12.0 Å². The molecule has 3 rings (SSSR count). The molecule has 1 fully saturated rings. The van der Waals surface area contributed by atoms with Gasteiger partial charge in [-0.1, -0.05) is 56.3 Å². The topological polar surface area (TPSA) is 55.6 Å². The van der Waals surface area contributed by atoms with Gasteiger partial charge in [-0.25, -0.2) is 0 Å². The van der Waals surface area contributed by atoms with Crippen molar-refractivity contribution in [1.29, 1.82) is 0 Å². The van der Waals surface area contributed by atoms with E-state index in [0.29, 0.717) is 36.7 Å². The van der Waals surface area contributed by atoms with Crippen LogP contribution in [0.15, 0.2) is 34.9 Å². The van der Waals surface area contributed by atoms with Gasteiger partial charge in [-0.2, -0.15) is 0 Å². The summed E-state index contributed by atoms with van der Waals surface area (Å²) in [4.78, 5) is 14.9. The van der Waals surface area contributed by atoms with E-state index >= 15 is 0 Å². The number of amides is 1. The molecule has 2 aromatic rings. The van der Waals surface area contributed by atoms with E-state index in [9.17, 15) is 4.79 Å². The van der Waals surface area contributed by atoms with Gasteiger partial charge in [0.05, 0.1) is 13.2 Å². The number of hydrogen-bond acceptors (Lipinski definition) is 4. The third-order valence-electron chi connectivity index (χ3n) is 4.31. The van der Waals surface area contributed by atoms with Gasteiger partial charge >= 0.3 is 0 Å². The van der Waals surface area contributed by atoms with Crippen LogP contribution in [0.5, 0.6) is 0 Å². The number of nitrogens with zero attached hydrogens (tertiary/aromatic N) is 2. The molecule has 0 spiro atoms. The van der Waals surface area contributed by atoms with Gasteiger partial charge in [-0.15, -0.1) is 0 Å². The smallest absolute Gasteiger partial charge is 0.259 e. The third-order valence-corrected chi connectivity index (χ3v) is 4.31. The number of benzene rings is 1. The maximum atomic E-state index is 13.1. The molecule has 0 radical (unpaired) electrons. The first-order valence-electron chi connectivity index (χ1n) is 8.30. The molecule has 128 valence electrons. The molecule has 5 nitrogen and oxygen atoms in total. The van der Waals surface area contributed by atoms with Crippen molar-refractivity contribution in [2.75, 3.05) is 19.7 Å². The summed E-state index contributed by atoms with van der Waals surface area (Å²) in [5.74, 6) is 0.551. The molecule has 5 heteroatoms. The number of carbonyl (C=O) groups is 1. The predicted molar refractivity (Wildman–Crippen MR) is 91.0 cm³/mol. The van der Waals surface area contributed by atoms with Crippen molar-refractivity contribution in [1.82, 2.24) is 10.1 Å². The minimum atomic E-state index is -0.242. The van der Waals surface area contributed by atoms with Crippen LogP contribution < -0.4 is 0 Å². The molecule has 2 heterocycles. The Morgan fingerprint density at radius 3 is 2.62 bits per heavy atom. The van der Waals surface area contributed by atoms with Crippen LogP contribution in [-0.2, 0) is 10.2 Å². The summed E-state index contributed by atoms with van der Waals surface area (Å²) in [5, 5.41) is 4.13. The Kier molecular flexibility index (Phi) is 4.45. The van der Waals surface area contributed by atoms with Crippen LogP contribution in [-0.4, -0.2) is 35.7 Å². The van der Waals surface area contributed by atoms with Crippen LogP contribution in [0.25, 0.3) is 0 Å². The molecule has 1 amide bonds. The van der Waals surface area contributed by atoms with E-state index in [0.717, 1.165) is 5.56 Å². The van der Waals surface area contributed by atoms with Crippen molar-refractivity contribution in [2.24, 2.45) is 0 Å². The predicted octanol–water partition coefficient (Wildman–Crippen LogP) is 3.49. The minimum Gasteiger partial charge on any atom is -0.370 e. The molecule has 1 saturated heterocycles. The van der Waals surface area contributed by atoms with E-state index in [2.05, 4.69) is 5.16 Å². The van der Waals surface area contributed by atoms with Crippen LogP contribution in [0.3, 0.4) is 0 Å². The Morgan fingerprint density at radius 1 is 1.25 bits per heavy atom. The fourth-order valence-corrected chi connectivity index (χ4v) is 3.00. The molecule has 24 heavy (non-hydrogen) atoms. The summed E-state index contributed by atoms with van der Waals surface area (Å²) in [5.41, 5.74) is 2.16. The maximum absolute atomic E-state index is 13.1. The first-order chi connectivity index (χ1) is 11.4. The van der Waals surface area contributed by atoms with Crippen molar-refractivity contribution < 1.29 is 14.1 Å². The summed E-state index contributed by atoms with van der Waals surface area (Å²) >= 11 is 0. The molecular formula is C19H24N2O3. The molecular weight excluding hydrogens is 304 g/mol. The zero-order chi connectivity index (χ0) is 17.3. The Bertz CT molecular complexity index is 716. The average Bonchev–Trinajstić information content (AvgIpc) is 2.97. The summed E-state index contributed by atoms with van der Waals surface area (Å²) in [6.45, 7) is 9.55. The zero-order valence-electron chi connectivity index (χ0n) is 14.7. The summed E-state index contributed by atoms with van der Waals surface area (Å²) in [6, 6.07) is 10.0. The Labute approximate surface area is 142 Å². The molecule has 1 aromatic carbocycles. The highest BCUT2D eigenvalue weighted by atomic mass is 16.5. The number of morpholine rings is 1. The number of rotatable bonds is 2. The number of carbonyl (C=O) groups excluding carboxylic acids is 1. The van der Waals surface area contributed by atoms with Gasteiger partial charge in [0.1, 0.15) is 23.1 Å². The van der Waals surface area contributed by atoms with Crippen LogP contribution in [0.4, 0.5) is 0 Å². The first kappa shape index (κ1) is 16.7. The maximum Gasteiger partial charge on any atom is 0.259 e. The molecule has 1 aliphatic rings. The van der Waals surface area contributed by atoms with Crippen molar-refractivity contribution in [2.45, 2.75) is 39.2 Å². The Hall–Kier alpha value is -2.14. The summed E-state index contributed by atoms with van der Waals surface area (Å²) in [7, 11) is 0. The van der Waals surface area contributed by atoms with Gasteiger partial charge in [0.2, 0.25) is 0 Å². The van der Waals surface area contributed by atoms with Gasteiger partial charge in [0.15, 0.2) is 0 Å². The van der Waals surface area contributed by atoms with E-state index < -0.39 is 0 Å². The van der Waals surface area contributed by atoms with Crippen LogP contribution in [0, 0.1) is 6.92 Å². The lowest BCUT2D eigenvalue weighted by Crippen LogP contribution is -2.43. The zero-order valence-corrected chi connectivity index (χ0v) is 14.7. The normalized spacial score (nSPS) is 18.7. The van der Waals surface area contributed by atoms with Gasteiger partial charge in [0.25, 0.3) is 5.91 Å². The second kappa shape index (κ2) is 6.40. The molecule has 0 bridgehead atoms. The van der Waals surface area contributed by atoms with E-state index in [-0.39, 0.29) is 17.4 Å². The lowest BCUT2D eigenvalue weighted by molar-refractivity contribution is -0.0229. The number of aromatic nitrogens is 1. The Morgan fingerprint density at radius 2 is 1.96 bits per heavy atom. The molecule has 1 unspecified atom stereocenters. The largest absolute Gasteiger partial charge is 0.370 e. The number of aryl methyl sites for hydroxylation is 1. The van der Waals surface area contributed by atoms with E-state index in [1.54, 1.807) is 6.92 Å². The quantitative estimate of drug-likeness (QED) is 0.847. The first-order valence-corrected chi connectivity index (χ1v) is 8.30. The number of ether oxygens (including phenoxy) is 1. The summed E-state index contributed by atoms with van der Waals surface area (Å²) < 4.78 is 11.2. The van der Waals surface area contributed by atoms with Crippen molar-refractivity contribution in [3.8, 4) is 0 Å². The number of hydrogen-bond donors (Lipinski definition) is 0. The highest BCUT2D eigenvalue weighted by Crippen LogP contribution is 2.29. The molecule has 1 atom stereocenters. The molecule has 0 N–H and O–H groups in total. The van der Waals surface area contributed by atoms with E-state index in [1.165, 1.54) is 0 Å². The van der Waals surface area contributed by atoms with Crippen molar-refractivity contribution in [3.05, 3.63) is 52.9 Å². The van der Waals surface area contributed by atoms with Gasteiger partial charge in [-0.05, 0) is 12.5 Å². The van der Waals surface area contributed by atoms with Crippen LogP contribution in [0.2, 0.25) is 0 Å². The van der Waals surface area contributed by atoms with E-state index in [4.69, 9.17) is 9.26 Å². The molecule has 0 aliphatic carbocycles. The third kappa shape index (κ3) is 3.22.